The molecule has 1 aliphatic carbocycles. The summed E-state index contributed by atoms with van der Waals surface area (Å²) in [7, 11) is 0. The molecular formula is C16H22N2O2. The predicted octanol–water partition coefficient (Wildman–Crippen LogP) is 2.16. The van der Waals surface area contributed by atoms with Gasteiger partial charge in [-0.05, 0) is 50.7 Å². The molecule has 20 heavy (non-hydrogen) atoms. The van der Waals surface area contributed by atoms with Gasteiger partial charge in [-0.2, -0.15) is 0 Å². The molecule has 0 fully saturated rings. The first kappa shape index (κ1) is 14.6. The normalized spacial score (nSPS) is 14.8. The number of pyridine rings is 1. The number of carbonyl (C=O) groups is 1. The first-order valence-corrected chi connectivity index (χ1v) is 7.27. The number of allylic oxidation sites excluding steroid dienone is 1. The molecule has 0 unspecified atom stereocenters. The van der Waals surface area contributed by atoms with E-state index in [2.05, 4.69) is 11.4 Å². The van der Waals surface area contributed by atoms with Gasteiger partial charge in [0.15, 0.2) is 0 Å². The standard InChI is InChI=1S/C16H22N2O2/c1-13-8-10-18(16(20)11-13)12-15(19)17-9-7-14-5-3-2-4-6-14/h5,8,10-11H,2-4,6-7,9,12H2,1H3,(H,17,19). The highest BCUT2D eigenvalue weighted by molar-refractivity contribution is 5.75. The minimum atomic E-state index is -0.130. The number of nitrogens with one attached hydrogen (secondary N) is 1. The van der Waals surface area contributed by atoms with Crippen LogP contribution < -0.4 is 10.9 Å². The van der Waals surface area contributed by atoms with Crippen LogP contribution in [0, 0.1) is 6.92 Å². The molecule has 4 nitrogen and oxygen atoms in total. The molecule has 4 heteroatoms. The molecule has 0 bridgehead atoms. The molecule has 2 rings (SSSR count). The lowest BCUT2D eigenvalue weighted by molar-refractivity contribution is -0.121. The monoisotopic (exact) mass is 274 g/mol. The van der Waals surface area contributed by atoms with Crippen LogP contribution in [0.2, 0.25) is 0 Å². The maximum atomic E-state index is 11.8. The predicted molar refractivity (Wildman–Crippen MR) is 79.6 cm³/mol. The Labute approximate surface area is 119 Å². The minimum Gasteiger partial charge on any atom is -0.354 e. The third-order valence-electron chi connectivity index (χ3n) is 3.62. The van der Waals surface area contributed by atoms with E-state index in [-0.39, 0.29) is 18.0 Å². The zero-order valence-electron chi connectivity index (χ0n) is 12.0. The van der Waals surface area contributed by atoms with Gasteiger partial charge in [0.05, 0.1) is 0 Å². The van der Waals surface area contributed by atoms with Crippen molar-refractivity contribution in [2.24, 2.45) is 0 Å². The average Bonchev–Trinajstić information content (AvgIpc) is 2.43. The van der Waals surface area contributed by atoms with Crippen LogP contribution in [0.15, 0.2) is 34.8 Å². The number of amides is 1. The van der Waals surface area contributed by atoms with Crippen LogP contribution in [0.3, 0.4) is 0 Å². The minimum absolute atomic E-state index is 0.0954. The molecule has 0 aliphatic heterocycles. The maximum absolute atomic E-state index is 11.8. The lowest BCUT2D eigenvalue weighted by Crippen LogP contribution is -2.32. The molecule has 0 atom stereocenters. The van der Waals surface area contributed by atoms with Gasteiger partial charge in [-0.3, -0.25) is 9.59 Å². The second-order valence-electron chi connectivity index (χ2n) is 5.38. The summed E-state index contributed by atoms with van der Waals surface area (Å²) in [6.07, 6.45) is 9.76. The fourth-order valence-corrected chi connectivity index (χ4v) is 2.44. The summed E-state index contributed by atoms with van der Waals surface area (Å²) in [6.45, 7) is 2.62. The quantitative estimate of drug-likeness (QED) is 0.837. The van der Waals surface area contributed by atoms with Crippen LogP contribution in [-0.4, -0.2) is 17.0 Å². The van der Waals surface area contributed by atoms with Crippen LogP contribution >= 0.6 is 0 Å². The number of hydrogen-bond donors (Lipinski definition) is 1. The molecule has 0 radical (unpaired) electrons. The molecule has 0 saturated heterocycles. The zero-order chi connectivity index (χ0) is 14.4. The lowest BCUT2D eigenvalue weighted by atomic mass is 9.97. The van der Waals surface area contributed by atoms with E-state index in [1.807, 2.05) is 13.0 Å². The van der Waals surface area contributed by atoms with Crippen molar-refractivity contribution in [2.75, 3.05) is 6.54 Å². The van der Waals surface area contributed by atoms with Crippen molar-refractivity contribution in [1.29, 1.82) is 0 Å². The van der Waals surface area contributed by atoms with Gasteiger partial charge >= 0.3 is 0 Å². The Bertz CT molecular complexity index is 558. The zero-order valence-corrected chi connectivity index (χ0v) is 12.0. The summed E-state index contributed by atoms with van der Waals surface area (Å²) >= 11 is 0. The summed E-state index contributed by atoms with van der Waals surface area (Å²) in [5, 5.41) is 2.88. The summed E-state index contributed by atoms with van der Waals surface area (Å²) in [4.78, 5) is 23.5. The van der Waals surface area contributed by atoms with E-state index in [1.165, 1.54) is 29.4 Å². The Morgan fingerprint density at radius 3 is 2.95 bits per heavy atom. The molecule has 0 aromatic carbocycles. The van der Waals surface area contributed by atoms with Crippen molar-refractivity contribution >= 4 is 5.91 Å². The molecule has 1 aromatic rings. The van der Waals surface area contributed by atoms with Gasteiger partial charge in [0, 0.05) is 18.8 Å². The van der Waals surface area contributed by atoms with Gasteiger partial charge < -0.3 is 9.88 Å². The summed E-state index contributed by atoms with van der Waals surface area (Å²) in [5.41, 5.74) is 2.23. The Kier molecular flexibility index (Phi) is 5.16. The van der Waals surface area contributed by atoms with Gasteiger partial charge in [0.25, 0.3) is 5.56 Å². The number of carbonyl (C=O) groups excluding carboxylic acids is 1. The number of rotatable bonds is 5. The van der Waals surface area contributed by atoms with E-state index >= 15 is 0 Å². The number of hydrogen-bond acceptors (Lipinski definition) is 2. The fourth-order valence-electron chi connectivity index (χ4n) is 2.44. The first-order valence-electron chi connectivity index (χ1n) is 7.27. The van der Waals surface area contributed by atoms with Gasteiger partial charge in [-0.1, -0.05) is 11.6 Å². The Hall–Kier alpha value is -1.84. The molecule has 108 valence electrons. The van der Waals surface area contributed by atoms with Crippen LogP contribution in [-0.2, 0) is 11.3 Å². The van der Waals surface area contributed by atoms with Crippen molar-refractivity contribution in [1.82, 2.24) is 9.88 Å². The van der Waals surface area contributed by atoms with E-state index in [9.17, 15) is 9.59 Å². The second kappa shape index (κ2) is 7.08. The summed E-state index contributed by atoms with van der Waals surface area (Å²) in [5.74, 6) is -0.104. The number of aryl methyl sites for hydroxylation is 1. The second-order valence-corrected chi connectivity index (χ2v) is 5.38. The summed E-state index contributed by atoms with van der Waals surface area (Å²) < 4.78 is 1.43. The number of aromatic nitrogens is 1. The van der Waals surface area contributed by atoms with Crippen LogP contribution in [0.1, 0.15) is 37.7 Å². The van der Waals surface area contributed by atoms with Crippen LogP contribution in [0.25, 0.3) is 0 Å². The third kappa shape index (κ3) is 4.37. The van der Waals surface area contributed by atoms with E-state index in [1.54, 1.807) is 12.3 Å². The van der Waals surface area contributed by atoms with E-state index in [4.69, 9.17) is 0 Å². The fraction of sp³-hybridized carbons (Fsp3) is 0.500. The lowest BCUT2D eigenvalue weighted by Gasteiger charge is -2.13. The maximum Gasteiger partial charge on any atom is 0.251 e. The molecule has 1 aliphatic rings. The third-order valence-corrected chi connectivity index (χ3v) is 3.62. The van der Waals surface area contributed by atoms with Crippen molar-refractivity contribution in [3.05, 3.63) is 45.9 Å². The molecule has 1 heterocycles. The van der Waals surface area contributed by atoms with E-state index < -0.39 is 0 Å². The van der Waals surface area contributed by atoms with Crippen molar-refractivity contribution in [3.63, 3.8) is 0 Å². The smallest absolute Gasteiger partial charge is 0.251 e. The molecule has 1 amide bonds. The Morgan fingerprint density at radius 2 is 2.25 bits per heavy atom. The number of nitrogens with zero attached hydrogens (tertiary/aromatic N) is 1. The largest absolute Gasteiger partial charge is 0.354 e. The van der Waals surface area contributed by atoms with Gasteiger partial charge in [0.2, 0.25) is 5.91 Å². The topological polar surface area (TPSA) is 51.1 Å². The van der Waals surface area contributed by atoms with Gasteiger partial charge in [0.1, 0.15) is 6.54 Å². The molecular weight excluding hydrogens is 252 g/mol. The highest BCUT2D eigenvalue weighted by Crippen LogP contribution is 2.19. The highest BCUT2D eigenvalue weighted by Gasteiger charge is 2.06. The molecule has 0 saturated carbocycles. The Balaban J connectivity index is 1.77. The Morgan fingerprint density at radius 1 is 1.40 bits per heavy atom. The van der Waals surface area contributed by atoms with Gasteiger partial charge in [-0.25, -0.2) is 0 Å². The first-order chi connectivity index (χ1) is 9.65. The SMILES string of the molecule is Cc1ccn(CC(=O)NCCC2=CCCCC2)c(=O)c1. The van der Waals surface area contributed by atoms with Crippen molar-refractivity contribution < 1.29 is 4.79 Å². The van der Waals surface area contributed by atoms with Gasteiger partial charge in [-0.15, -0.1) is 0 Å². The summed E-state index contributed by atoms with van der Waals surface area (Å²) in [6, 6.07) is 3.38. The average molecular weight is 274 g/mol. The van der Waals surface area contributed by atoms with Crippen LogP contribution in [0.5, 0.6) is 0 Å². The van der Waals surface area contributed by atoms with E-state index in [0.717, 1.165) is 18.4 Å². The molecule has 0 spiro atoms. The van der Waals surface area contributed by atoms with Crippen LogP contribution in [0.4, 0.5) is 0 Å². The van der Waals surface area contributed by atoms with Crippen molar-refractivity contribution in [3.8, 4) is 0 Å². The highest BCUT2D eigenvalue weighted by atomic mass is 16.2. The van der Waals surface area contributed by atoms with Crippen molar-refractivity contribution in [2.45, 2.75) is 45.6 Å². The van der Waals surface area contributed by atoms with E-state index in [0.29, 0.717) is 6.54 Å². The molecule has 1 N–H and O–H groups in total. The molecule has 1 aromatic heterocycles.